The summed E-state index contributed by atoms with van der Waals surface area (Å²) in [5.41, 5.74) is -3.36. The van der Waals surface area contributed by atoms with E-state index in [9.17, 15) is 33.0 Å². The number of rotatable bonds is 5. The van der Waals surface area contributed by atoms with Crippen molar-refractivity contribution in [3.63, 3.8) is 0 Å². The van der Waals surface area contributed by atoms with Gasteiger partial charge in [0, 0.05) is 13.3 Å². The van der Waals surface area contributed by atoms with Crippen LogP contribution in [-0.2, 0) is 15.0 Å². The molecule has 0 spiro atoms. The van der Waals surface area contributed by atoms with Crippen LogP contribution in [0.15, 0.2) is 36.4 Å². The maximum Gasteiger partial charge on any atom is 0.402 e. The van der Waals surface area contributed by atoms with Crippen molar-refractivity contribution in [1.82, 2.24) is 0 Å². The van der Waals surface area contributed by atoms with Crippen molar-refractivity contribution < 1.29 is 33.0 Å². The maximum atomic E-state index is 14.2. The average molecular weight is 442 g/mol. The average Bonchev–Trinajstić information content (AvgIpc) is 2.63. The Labute approximate surface area is 180 Å². The lowest BCUT2D eigenvalue weighted by Gasteiger charge is -2.34. The number of amides is 2. The molecule has 2 aromatic carbocycles. The van der Waals surface area contributed by atoms with Gasteiger partial charge in [-0.3, -0.25) is 9.59 Å². The van der Waals surface area contributed by atoms with E-state index in [4.69, 9.17) is 0 Å². The number of phenols is 2. The number of carbonyl (C=O) groups is 2. The molecule has 0 fully saturated rings. The van der Waals surface area contributed by atoms with E-state index >= 15 is 0 Å². The first-order valence-corrected chi connectivity index (χ1v) is 8.71. The fraction of sp³-hybridized carbons (Fsp3) is 0.364. The number of benzene rings is 2. The van der Waals surface area contributed by atoms with E-state index in [2.05, 4.69) is 10.6 Å². The molecule has 4 N–H and O–H groups in total. The van der Waals surface area contributed by atoms with Gasteiger partial charge in [-0.25, -0.2) is 0 Å². The first-order chi connectivity index (χ1) is 13.4. The molecule has 1 unspecified atom stereocenters. The normalized spacial score (nSPS) is 12.6. The zero-order valence-electron chi connectivity index (χ0n) is 16.0. The van der Waals surface area contributed by atoms with E-state index in [1.807, 2.05) is 0 Å². The monoisotopic (exact) mass is 442 g/mol. The van der Waals surface area contributed by atoms with E-state index in [0.29, 0.717) is 0 Å². The molecule has 0 aliphatic heterocycles. The molecule has 0 saturated heterocycles. The number of hydrogen-bond acceptors (Lipinski definition) is 4. The topological polar surface area (TPSA) is 98.7 Å². The summed E-state index contributed by atoms with van der Waals surface area (Å²) in [5.74, 6) is -1.77. The Balaban J connectivity index is 0.00000450. The molecule has 0 aromatic heterocycles. The van der Waals surface area contributed by atoms with Gasteiger partial charge in [0.2, 0.25) is 11.8 Å². The fourth-order valence-electron chi connectivity index (χ4n) is 2.82. The van der Waals surface area contributed by atoms with E-state index in [1.165, 1.54) is 0 Å². The number of anilines is 2. The minimum absolute atomic E-state index is 0. The smallest absolute Gasteiger partial charge is 0.402 e. The zero-order valence-corrected chi connectivity index (χ0v) is 16.0. The van der Waals surface area contributed by atoms with Crippen molar-refractivity contribution in [2.75, 3.05) is 10.6 Å². The summed E-state index contributed by atoms with van der Waals surface area (Å²) in [4.78, 5) is 22.9. The highest BCUT2D eigenvalue weighted by molar-refractivity contribution is 5.92. The van der Waals surface area contributed by atoms with E-state index in [-0.39, 0.29) is 55.3 Å². The molecule has 0 radical (unpaired) electrons. The molecule has 0 bridgehead atoms. The highest BCUT2D eigenvalue weighted by atomic mass is 19.4. The van der Waals surface area contributed by atoms with Gasteiger partial charge >= 0.3 is 6.18 Å². The Morgan fingerprint density at radius 2 is 1.32 bits per heavy atom. The van der Waals surface area contributed by atoms with Crippen molar-refractivity contribution in [1.29, 1.82) is 0 Å². The number of halogens is 3. The lowest BCUT2D eigenvalue weighted by molar-refractivity contribution is -0.173. The van der Waals surface area contributed by atoms with Crippen LogP contribution in [0.2, 0.25) is 0 Å². The second kappa shape index (κ2) is 10.2. The van der Waals surface area contributed by atoms with Gasteiger partial charge in [-0.15, -0.1) is 0 Å². The van der Waals surface area contributed by atoms with Crippen LogP contribution in [-0.4, -0.2) is 28.2 Å². The summed E-state index contributed by atoms with van der Waals surface area (Å²) in [6.07, 6.45) is -4.70. The number of alkyl halides is 3. The summed E-state index contributed by atoms with van der Waals surface area (Å²) in [6.45, 7) is 3.67. The number of aromatic hydroxyl groups is 2. The molecule has 2 amide bonds. The highest BCUT2D eigenvalue weighted by Gasteiger charge is 2.53. The Morgan fingerprint density at radius 1 is 0.903 bits per heavy atom. The van der Waals surface area contributed by atoms with Crippen LogP contribution in [0.4, 0.5) is 24.5 Å². The predicted octanol–water partition coefficient (Wildman–Crippen LogP) is 5.55. The Hall–Kier alpha value is -3.23. The quantitative estimate of drug-likeness (QED) is 0.457. The number of phenolic OH excluding ortho intramolecular Hbond substituents is 2. The van der Waals surface area contributed by atoms with Gasteiger partial charge in [-0.05, 0) is 42.3 Å². The van der Waals surface area contributed by atoms with E-state index in [0.717, 1.165) is 50.2 Å². The van der Waals surface area contributed by atoms with Crippen LogP contribution in [0.3, 0.4) is 0 Å². The van der Waals surface area contributed by atoms with Crippen LogP contribution < -0.4 is 10.6 Å². The molecule has 9 heteroatoms. The van der Waals surface area contributed by atoms with Crippen molar-refractivity contribution in [3.05, 3.63) is 47.5 Å². The largest absolute Gasteiger partial charge is 0.506 e. The third kappa shape index (κ3) is 5.68. The first-order valence-electron chi connectivity index (χ1n) is 8.71. The predicted molar refractivity (Wildman–Crippen MR) is 115 cm³/mol. The summed E-state index contributed by atoms with van der Waals surface area (Å²) in [7, 11) is 0. The molecule has 31 heavy (non-hydrogen) atoms. The molecule has 6 nitrogen and oxygen atoms in total. The molecule has 1 atom stereocenters. The first kappa shape index (κ1) is 27.8. The lowest BCUT2D eigenvalue weighted by Crippen LogP contribution is -2.40. The van der Waals surface area contributed by atoms with Gasteiger partial charge in [0.1, 0.15) is 16.9 Å². The molecule has 0 aliphatic carbocycles. The van der Waals surface area contributed by atoms with Crippen molar-refractivity contribution >= 4 is 23.2 Å². The second-order valence-corrected chi connectivity index (χ2v) is 6.67. The molecule has 0 saturated carbocycles. The van der Waals surface area contributed by atoms with Gasteiger partial charge in [0.25, 0.3) is 0 Å². The minimum atomic E-state index is -4.78. The molecular formula is C22H29F3N2O4. The number of nitrogens with one attached hydrogen (secondary N) is 2. The maximum absolute atomic E-state index is 14.2. The van der Waals surface area contributed by atoms with Crippen LogP contribution >= 0.6 is 0 Å². The van der Waals surface area contributed by atoms with Crippen LogP contribution in [0, 0.1) is 0 Å². The van der Waals surface area contributed by atoms with Gasteiger partial charge in [-0.1, -0.05) is 33.9 Å². The molecule has 172 valence electrons. The van der Waals surface area contributed by atoms with Crippen molar-refractivity contribution in [3.8, 4) is 11.5 Å². The molecule has 0 heterocycles. The van der Waals surface area contributed by atoms with E-state index in [1.54, 1.807) is 6.92 Å². The lowest BCUT2D eigenvalue weighted by atomic mass is 9.75. The second-order valence-electron chi connectivity index (χ2n) is 6.67. The third-order valence-corrected chi connectivity index (χ3v) is 4.62. The van der Waals surface area contributed by atoms with Gasteiger partial charge in [0.05, 0.1) is 11.4 Å². The van der Waals surface area contributed by atoms with Crippen molar-refractivity contribution in [2.24, 2.45) is 0 Å². The van der Waals surface area contributed by atoms with Crippen LogP contribution in [0.5, 0.6) is 11.5 Å². The Bertz CT molecular complexity index is 945. The van der Waals surface area contributed by atoms with Crippen molar-refractivity contribution in [2.45, 2.75) is 53.6 Å². The van der Waals surface area contributed by atoms with Gasteiger partial charge in [-0.2, -0.15) is 13.2 Å². The SMILES string of the molecule is C.C.CCC(=O)Nc1cc(C(C)(c2ccc(O)c(NC(C)=O)c2)C(F)(F)F)ccc1O. The van der Waals surface area contributed by atoms with Crippen LogP contribution in [0.1, 0.15) is 53.2 Å². The molecular weight excluding hydrogens is 413 g/mol. The van der Waals surface area contributed by atoms with Gasteiger partial charge in [0.15, 0.2) is 0 Å². The third-order valence-electron chi connectivity index (χ3n) is 4.62. The highest BCUT2D eigenvalue weighted by Crippen LogP contribution is 2.48. The fourth-order valence-corrected chi connectivity index (χ4v) is 2.82. The summed E-state index contributed by atoms with van der Waals surface area (Å²) >= 11 is 0. The summed E-state index contributed by atoms with van der Waals surface area (Å²) < 4.78 is 42.7. The summed E-state index contributed by atoms with van der Waals surface area (Å²) in [6, 6.07) is 6.44. The zero-order chi connectivity index (χ0) is 22.0. The van der Waals surface area contributed by atoms with Crippen LogP contribution in [0.25, 0.3) is 0 Å². The summed E-state index contributed by atoms with van der Waals surface area (Å²) in [5, 5.41) is 24.4. The number of hydrogen-bond donors (Lipinski definition) is 4. The molecule has 2 aromatic rings. The Morgan fingerprint density at radius 3 is 1.68 bits per heavy atom. The Kier molecular flexibility index (Phi) is 9.13. The molecule has 2 rings (SSSR count). The molecule has 0 aliphatic rings. The van der Waals surface area contributed by atoms with Gasteiger partial charge < -0.3 is 20.8 Å². The standard InChI is InChI=1S/C20H21F3N2O4.2CH4/c1-4-18(29)25-15-10-13(6-8-17(15)28)19(3,20(21,22)23)12-5-7-16(27)14(9-12)24-11(2)26;;/h5-10,27-28H,4H2,1-3H3,(H,24,26)(H,25,29);2*1H4. The van der Waals surface area contributed by atoms with E-state index < -0.39 is 23.4 Å². The minimum Gasteiger partial charge on any atom is -0.506 e. The number of carbonyl (C=O) groups excluding carboxylic acids is 2.